The molecule has 1 unspecified atom stereocenters. The summed E-state index contributed by atoms with van der Waals surface area (Å²) < 4.78 is 6.34. The molecule has 4 heteroatoms. The molecule has 4 rings (SSSR count). The van der Waals surface area contributed by atoms with E-state index in [4.69, 9.17) is 9.73 Å². The highest BCUT2D eigenvalue weighted by atomic mass is 32.2. The van der Waals surface area contributed by atoms with Crippen LogP contribution in [0, 0.1) is 0 Å². The van der Waals surface area contributed by atoms with Crippen molar-refractivity contribution in [3.63, 3.8) is 0 Å². The van der Waals surface area contributed by atoms with Gasteiger partial charge in [0.05, 0.1) is 12.8 Å². The second-order valence-corrected chi connectivity index (χ2v) is 9.07. The van der Waals surface area contributed by atoms with E-state index in [1.165, 1.54) is 21.6 Å². The molecule has 0 N–H and O–H groups in total. The Hall–Kier alpha value is -2.43. The zero-order valence-electron chi connectivity index (χ0n) is 15.8. The van der Waals surface area contributed by atoms with Gasteiger partial charge in [0.2, 0.25) is 0 Å². The van der Waals surface area contributed by atoms with Crippen LogP contribution in [0.25, 0.3) is 11.0 Å². The molecule has 1 heterocycles. The lowest BCUT2D eigenvalue weighted by Crippen LogP contribution is -1.99. The van der Waals surface area contributed by atoms with Gasteiger partial charge in [-0.05, 0) is 42.3 Å². The van der Waals surface area contributed by atoms with Gasteiger partial charge in [0.1, 0.15) is 10.1 Å². The smallest absolute Gasteiger partial charge is 0.135 e. The first-order chi connectivity index (χ1) is 13.7. The Balaban J connectivity index is 1.61. The van der Waals surface area contributed by atoms with Crippen molar-refractivity contribution in [2.24, 2.45) is 4.99 Å². The summed E-state index contributed by atoms with van der Waals surface area (Å²) in [4.78, 5) is 6.15. The van der Waals surface area contributed by atoms with Gasteiger partial charge in [-0.1, -0.05) is 84.2 Å². The fourth-order valence-electron chi connectivity index (χ4n) is 3.00. The van der Waals surface area contributed by atoms with Crippen LogP contribution in [0.2, 0.25) is 0 Å². The zero-order chi connectivity index (χ0) is 19.3. The van der Waals surface area contributed by atoms with Gasteiger partial charge in [-0.15, -0.1) is 0 Å². The van der Waals surface area contributed by atoms with Gasteiger partial charge in [-0.25, -0.2) is 4.99 Å². The second-order valence-electron chi connectivity index (χ2n) is 6.45. The lowest BCUT2D eigenvalue weighted by atomic mass is 10.1. The van der Waals surface area contributed by atoms with Crippen molar-refractivity contribution >= 4 is 44.6 Å². The summed E-state index contributed by atoms with van der Waals surface area (Å²) in [6.45, 7) is 2.22. The van der Waals surface area contributed by atoms with Gasteiger partial charge in [-0.3, -0.25) is 0 Å². The minimum Gasteiger partial charge on any atom is -0.497 e. The maximum absolute atomic E-state index is 5.27. The number of rotatable bonds is 4. The molecule has 0 saturated carbocycles. The Bertz CT molecular complexity index is 1010. The average Bonchev–Trinajstić information content (AvgIpc) is 2.74. The topological polar surface area (TPSA) is 21.6 Å². The number of hydrogen-bond acceptors (Lipinski definition) is 4. The van der Waals surface area contributed by atoms with Gasteiger partial charge >= 0.3 is 0 Å². The predicted octanol–water partition coefficient (Wildman–Crippen LogP) is 7.42. The highest BCUT2D eigenvalue weighted by Gasteiger charge is 2.20. The molecule has 0 aromatic heterocycles. The molecule has 0 bridgehead atoms. The summed E-state index contributed by atoms with van der Waals surface area (Å²) in [5, 5.41) is 0.306. The van der Waals surface area contributed by atoms with E-state index in [0.29, 0.717) is 5.25 Å². The second kappa shape index (κ2) is 8.72. The molecular formula is C24H21NOS2. The van der Waals surface area contributed by atoms with Crippen molar-refractivity contribution < 1.29 is 4.74 Å². The minimum atomic E-state index is 0.306. The van der Waals surface area contributed by atoms with Crippen LogP contribution in [0.4, 0.5) is 5.69 Å². The number of fused-ring (bicyclic) bond motifs is 1. The zero-order valence-corrected chi connectivity index (χ0v) is 17.5. The van der Waals surface area contributed by atoms with E-state index in [0.717, 1.165) is 15.8 Å². The fraction of sp³-hybridized carbons (Fsp3) is 0.125. The molecule has 1 aliphatic heterocycles. The molecule has 0 spiro atoms. The van der Waals surface area contributed by atoms with Crippen molar-refractivity contribution in [3.05, 3.63) is 95.6 Å². The molecule has 3 aromatic carbocycles. The number of benzene rings is 3. The van der Waals surface area contributed by atoms with Crippen molar-refractivity contribution in [1.82, 2.24) is 0 Å². The van der Waals surface area contributed by atoms with Crippen LogP contribution >= 0.6 is 23.5 Å². The van der Waals surface area contributed by atoms with Crippen LogP contribution in [0.3, 0.4) is 0 Å². The molecule has 28 heavy (non-hydrogen) atoms. The summed E-state index contributed by atoms with van der Waals surface area (Å²) in [6.07, 6.45) is 2.25. The van der Waals surface area contributed by atoms with Gasteiger partial charge in [0.15, 0.2) is 0 Å². The number of ether oxygens (including phenoxy) is 1. The van der Waals surface area contributed by atoms with E-state index in [2.05, 4.69) is 67.6 Å². The summed E-state index contributed by atoms with van der Waals surface area (Å²) in [5.41, 5.74) is 4.70. The van der Waals surface area contributed by atoms with Crippen LogP contribution in [0.1, 0.15) is 28.9 Å². The molecule has 0 amide bonds. The predicted molar refractivity (Wildman–Crippen MR) is 124 cm³/mol. The summed E-state index contributed by atoms with van der Waals surface area (Å²) >= 11 is 3.55. The lowest BCUT2D eigenvalue weighted by Gasteiger charge is -2.20. The van der Waals surface area contributed by atoms with Gasteiger partial charge in [0, 0.05) is 15.7 Å². The molecule has 1 aliphatic rings. The SMILES string of the molecule is COc1ccc(C(C)SC2=Nc3ccccc3/C(=C/c3ccccc3)S2)cc1. The van der Waals surface area contributed by atoms with E-state index < -0.39 is 0 Å². The van der Waals surface area contributed by atoms with Crippen LogP contribution in [0.15, 0.2) is 83.9 Å². The van der Waals surface area contributed by atoms with E-state index in [1.807, 2.05) is 24.3 Å². The Morgan fingerprint density at radius 2 is 1.64 bits per heavy atom. The van der Waals surface area contributed by atoms with Gasteiger partial charge in [0.25, 0.3) is 0 Å². The summed E-state index contributed by atoms with van der Waals surface area (Å²) in [7, 11) is 1.69. The maximum Gasteiger partial charge on any atom is 0.135 e. The van der Waals surface area contributed by atoms with Crippen molar-refractivity contribution in [2.75, 3.05) is 7.11 Å². The van der Waals surface area contributed by atoms with Crippen LogP contribution in [-0.4, -0.2) is 11.5 Å². The molecular weight excluding hydrogens is 382 g/mol. The first-order valence-corrected chi connectivity index (χ1v) is 10.9. The number of nitrogens with zero attached hydrogens (tertiary/aromatic N) is 1. The number of aliphatic imine (C=N–C) groups is 1. The third kappa shape index (κ3) is 4.34. The molecule has 0 fully saturated rings. The van der Waals surface area contributed by atoms with E-state index in [1.54, 1.807) is 30.6 Å². The van der Waals surface area contributed by atoms with Crippen molar-refractivity contribution in [3.8, 4) is 5.75 Å². The van der Waals surface area contributed by atoms with E-state index in [-0.39, 0.29) is 0 Å². The Kier molecular flexibility index (Phi) is 5.89. The molecule has 2 nitrogen and oxygen atoms in total. The highest BCUT2D eigenvalue weighted by Crippen LogP contribution is 2.46. The first-order valence-electron chi connectivity index (χ1n) is 9.16. The highest BCUT2D eigenvalue weighted by molar-refractivity contribution is 8.42. The van der Waals surface area contributed by atoms with Crippen molar-refractivity contribution in [2.45, 2.75) is 12.2 Å². The molecule has 140 valence electrons. The summed E-state index contributed by atoms with van der Waals surface area (Å²) in [6, 6.07) is 27.1. The van der Waals surface area contributed by atoms with Gasteiger partial charge in [-0.2, -0.15) is 0 Å². The average molecular weight is 404 g/mol. The number of para-hydroxylation sites is 1. The monoisotopic (exact) mass is 403 g/mol. The van der Waals surface area contributed by atoms with Crippen molar-refractivity contribution in [1.29, 1.82) is 0 Å². The number of hydrogen-bond donors (Lipinski definition) is 0. The molecule has 3 aromatic rings. The Morgan fingerprint density at radius 1 is 0.929 bits per heavy atom. The largest absolute Gasteiger partial charge is 0.497 e. The molecule has 0 aliphatic carbocycles. The molecule has 1 atom stereocenters. The Morgan fingerprint density at radius 3 is 2.39 bits per heavy atom. The van der Waals surface area contributed by atoms with Crippen LogP contribution in [-0.2, 0) is 0 Å². The molecule has 0 saturated heterocycles. The number of methoxy groups -OCH3 is 1. The third-order valence-electron chi connectivity index (χ3n) is 4.54. The van der Waals surface area contributed by atoms with Gasteiger partial charge < -0.3 is 4.74 Å². The Labute approximate surface area is 174 Å². The first kappa shape index (κ1) is 18.9. The lowest BCUT2D eigenvalue weighted by molar-refractivity contribution is 0.414. The normalized spacial score (nSPS) is 15.6. The molecule has 0 radical (unpaired) electrons. The maximum atomic E-state index is 5.27. The minimum absolute atomic E-state index is 0.306. The standard InChI is InChI=1S/C24H21NOS2/c1-17(19-12-14-20(26-2)15-13-19)27-24-25-22-11-7-6-10-21(22)23(28-24)16-18-8-4-3-5-9-18/h3-17H,1-2H3/b23-16-. The van der Waals surface area contributed by atoms with E-state index in [9.17, 15) is 0 Å². The van der Waals surface area contributed by atoms with E-state index >= 15 is 0 Å². The van der Waals surface area contributed by atoms with Crippen LogP contribution < -0.4 is 4.74 Å². The quantitative estimate of drug-likeness (QED) is 0.452. The third-order valence-corrected chi connectivity index (χ3v) is 6.82. The fourth-order valence-corrected chi connectivity index (χ4v) is 5.45. The van der Waals surface area contributed by atoms with Crippen LogP contribution in [0.5, 0.6) is 5.75 Å². The summed E-state index contributed by atoms with van der Waals surface area (Å²) in [5.74, 6) is 0.882. The number of thioether (sulfide) groups is 2.